The Morgan fingerprint density at radius 2 is 0.806 bits per heavy atom. The SMILES string of the molecule is CCCCCCCC/C=C/CCCCCCCCCC(=O)OC(COCCC(C(=O)[O-])[N+](C)(C)C)COC(=O)CCCCCCCCCCCCCCCCCCCCCCC. The third-order valence-corrected chi connectivity index (χ3v) is 12.4. The third kappa shape index (κ3) is 43.3. The number of aliphatic carboxylic acids is 1. The van der Waals surface area contributed by atoms with Crippen LogP contribution in [0.4, 0.5) is 0 Å². The number of likely N-dealkylation sites (N-methyl/N-ethyl adjacent to an activating group) is 1. The smallest absolute Gasteiger partial charge is 0.306 e. The van der Waals surface area contributed by atoms with Crippen molar-refractivity contribution in [1.82, 2.24) is 0 Å². The molecule has 0 saturated carbocycles. The largest absolute Gasteiger partial charge is 0.544 e. The minimum absolute atomic E-state index is 0.0452. The summed E-state index contributed by atoms with van der Waals surface area (Å²) in [4.78, 5) is 37.0. The molecule has 0 aliphatic heterocycles. The van der Waals surface area contributed by atoms with Crippen molar-refractivity contribution in [2.75, 3.05) is 41.0 Å². The van der Waals surface area contributed by atoms with Crippen LogP contribution in [0.2, 0.25) is 0 Å². The number of unbranched alkanes of at least 4 members (excludes halogenated alkanes) is 33. The first-order valence-electron chi connectivity index (χ1n) is 26.7. The number of hydrogen-bond acceptors (Lipinski definition) is 7. The summed E-state index contributed by atoms with van der Waals surface area (Å²) in [6.07, 6.45) is 51.0. The lowest BCUT2D eigenvalue weighted by molar-refractivity contribution is -0.889. The van der Waals surface area contributed by atoms with Crippen LogP contribution >= 0.6 is 0 Å². The van der Waals surface area contributed by atoms with Gasteiger partial charge in [0.25, 0.3) is 0 Å². The van der Waals surface area contributed by atoms with Gasteiger partial charge in [-0.25, -0.2) is 0 Å². The lowest BCUT2D eigenvalue weighted by Gasteiger charge is -2.34. The van der Waals surface area contributed by atoms with E-state index in [1.807, 2.05) is 21.1 Å². The quantitative estimate of drug-likeness (QED) is 0.0260. The van der Waals surface area contributed by atoms with E-state index in [4.69, 9.17) is 14.2 Å². The molecule has 0 heterocycles. The van der Waals surface area contributed by atoms with Crippen molar-refractivity contribution in [1.29, 1.82) is 0 Å². The highest BCUT2D eigenvalue weighted by atomic mass is 16.6. The first kappa shape index (κ1) is 60.1. The average molecular weight is 878 g/mol. The maximum atomic E-state index is 12.8. The van der Waals surface area contributed by atoms with Gasteiger partial charge in [0.15, 0.2) is 6.10 Å². The minimum Gasteiger partial charge on any atom is -0.544 e. The maximum Gasteiger partial charge on any atom is 0.306 e. The van der Waals surface area contributed by atoms with Gasteiger partial charge in [-0.1, -0.05) is 219 Å². The van der Waals surface area contributed by atoms with Crippen LogP contribution in [-0.2, 0) is 28.6 Å². The minimum atomic E-state index is -1.12. The molecule has 8 nitrogen and oxygen atoms in total. The highest BCUT2D eigenvalue weighted by molar-refractivity contribution is 5.70. The fraction of sp³-hybridized carbons (Fsp3) is 0.907. The number of esters is 2. The molecule has 0 aromatic rings. The number of hydrogen-bond donors (Lipinski definition) is 0. The number of allylic oxidation sites excluding steroid dienone is 2. The molecule has 2 unspecified atom stereocenters. The van der Waals surface area contributed by atoms with Gasteiger partial charge in [-0.2, -0.15) is 0 Å². The zero-order valence-corrected chi connectivity index (χ0v) is 41.8. The Bertz CT molecular complexity index is 1020. The van der Waals surface area contributed by atoms with Crippen molar-refractivity contribution in [3.63, 3.8) is 0 Å². The van der Waals surface area contributed by atoms with Crippen LogP contribution in [0.3, 0.4) is 0 Å². The fourth-order valence-electron chi connectivity index (χ4n) is 8.25. The van der Waals surface area contributed by atoms with E-state index in [9.17, 15) is 19.5 Å². The highest BCUT2D eigenvalue weighted by Gasteiger charge is 2.25. The van der Waals surface area contributed by atoms with Crippen molar-refractivity contribution in [2.45, 2.75) is 276 Å². The van der Waals surface area contributed by atoms with Gasteiger partial charge in [0.1, 0.15) is 12.6 Å². The van der Waals surface area contributed by atoms with Crippen LogP contribution in [0.1, 0.15) is 264 Å². The van der Waals surface area contributed by atoms with E-state index in [1.165, 1.54) is 193 Å². The van der Waals surface area contributed by atoms with Crippen molar-refractivity contribution in [2.24, 2.45) is 0 Å². The van der Waals surface area contributed by atoms with Gasteiger partial charge in [-0.15, -0.1) is 0 Å². The Labute approximate surface area is 384 Å². The van der Waals surface area contributed by atoms with Gasteiger partial charge in [0, 0.05) is 19.3 Å². The van der Waals surface area contributed by atoms with E-state index in [0.717, 1.165) is 38.5 Å². The monoisotopic (exact) mass is 878 g/mol. The van der Waals surface area contributed by atoms with Gasteiger partial charge >= 0.3 is 11.9 Å². The first-order chi connectivity index (χ1) is 30.1. The highest BCUT2D eigenvalue weighted by Crippen LogP contribution is 2.17. The molecular formula is C54H103NO7. The summed E-state index contributed by atoms with van der Waals surface area (Å²) in [6, 6.07) is -0.723. The number of carbonyl (C=O) groups excluding carboxylic acids is 3. The standard InChI is InChI=1S/C54H103NO7/c1-6-8-10-12-14-16-18-20-22-24-25-26-27-29-30-32-34-36-38-40-42-44-52(56)61-49-50(48-60-47-46-51(54(58)59)55(3,4)5)62-53(57)45-43-41-39-37-35-33-31-28-23-21-19-17-15-13-11-9-7-2/h21,23,50-51H,6-20,22,24-49H2,1-5H3/b23-21+. The summed E-state index contributed by atoms with van der Waals surface area (Å²) < 4.78 is 17.3. The molecule has 0 aromatic carbocycles. The average Bonchev–Trinajstić information content (AvgIpc) is 3.23. The van der Waals surface area contributed by atoms with E-state index >= 15 is 0 Å². The third-order valence-electron chi connectivity index (χ3n) is 12.4. The maximum absolute atomic E-state index is 12.8. The van der Waals surface area contributed by atoms with Crippen LogP contribution in [0, 0.1) is 0 Å². The number of nitrogens with zero attached hydrogens (tertiary/aromatic N) is 1. The van der Waals surface area contributed by atoms with Crippen molar-refractivity contribution >= 4 is 17.9 Å². The molecule has 0 fully saturated rings. The molecule has 0 amide bonds. The predicted molar refractivity (Wildman–Crippen MR) is 259 cm³/mol. The summed E-state index contributed by atoms with van der Waals surface area (Å²) in [5.41, 5.74) is 0. The second-order valence-electron chi connectivity index (χ2n) is 19.5. The molecule has 0 N–H and O–H groups in total. The fourth-order valence-corrected chi connectivity index (χ4v) is 8.25. The van der Waals surface area contributed by atoms with Gasteiger partial charge < -0.3 is 28.6 Å². The molecule has 62 heavy (non-hydrogen) atoms. The predicted octanol–water partition coefficient (Wildman–Crippen LogP) is 14.1. The van der Waals surface area contributed by atoms with Gasteiger partial charge in [-0.3, -0.25) is 9.59 Å². The number of carbonyl (C=O) groups is 3. The zero-order chi connectivity index (χ0) is 45.6. The summed E-state index contributed by atoms with van der Waals surface area (Å²) in [7, 11) is 5.43. The summed E-state index contributed by atoms with van der Waals surface area (Å²) >= 11 is 0. The van der Waals surface area contributed by atoms with Crippen LogP contribution in [-0.4, -0.2) is 75.5 Å². The van der Waals surface area contributed by atoms with Crippen LogP contribution in [0.5, 0.6) is 0 Å². The molecule has 0 aromatic heterocycles. The first-order valence-corrected chi connectivity index (χ1v) is 26.7. The molecule has 0 spiro atoms. The second kappa shape index (κ2) is 45.6. The van der Waals surface area contributed by atoms with Gasteiger partial charge in [-0.05, 0) is 38.5 Å². The molecule has 366 valence electrons. The molecule has 0 bridgehead atoms. The molecule has 0 radical (unpaired) electrons. The van der Waals surface area contributed by atoms with Crippen LogP contribution in [0.15, 0.2) is 12.2 Å². The van der Waals surface area contributed by atoms with E-state index in [2.05, 4.69) is 26.0 Å². The van der Waals surface area contributed by atoms with E-state index in [1.54, 1.807) is 0 Å². The molecule has 2 atom stereocenters. The molecular weight excluding hydrogens is 775 g/mol. The molecule has 0 aliphatic rings. The van der Waals surface area contributed by atoms with E-state index in [0.29, 0.717) is 12.8 Å². The Morgan fingerprint density at radius 1 is 0.468 bits per heavy atom. The molecule has 0 rings (SSSR count). The second-order valence-corrected chi connectivity index (χ2v) is 19.5. The lowest BCUT2D eigenvalue weighted by Crippen LogP contribution is -2.55. The molecule has 8 heteroatoms. The Balaban J connectivity index is 4.17. The summed E-state index contributed by atoms with van der Waals surface area (Å²) in [6.45, 7) is 4.71. The normalized spacial score (nSPS) is 12.9. The number of quaternary nitrogens is 1. The lowest BCUT2D eigenvalue weighted by atomic mass is 10.0. The Kier molecular flexibility index (Phi) is 44.2. The van der Waals surface area contributed by atoms with Gasteiger partial charge in [0.2, 0.25) is 0 Å². The number of ether oxygens (including phenoxy) is 3. The summed E-state index contributed by atoms with van der Waals surface area (Å²) in [5.74, 6) is -1.72. The number of carboxylic acids is 1. The van der Waals surface area contributed by atoms with Crippen LogP contribution < -0.4 is 5.11 Å². The van der Waals surface area contributed by atoms with Gasteiger partial charge in [0.05, 0.1) is 40.3 Å². The van der Waals surface area contributed by atoms with Crippen molar-refractivity contribution < 1.29 is 38.2 Å². The topological polar surface area (TPSA) is 102 Å². The number of carboxylic acid groups (broad SMARTS) is 1. The van der Waals surface area contributed by atoms with E-state index < -0.39 is 18.1 Å². The number of rotatable bonds is 49. The summed E-state index contributed by atoms with van der Waals surface area (Å²) in [5, 5.41) is 11.7. The zero-order valence-electron chi connectivity index (χ0n) is 41.8. The van der Waals surface area contributed by atoms with Crippen molar-refractivity contribution in [3.05, 3.63) is 12.2 Å². The Morgan fingerprint density at radius 3 is 1.16 bits per heavy atom. The molecule has 0 saturated heterocycles. The van der Waals surface area contributed by atoms with Crippen molar-refractivity contribution in [3.8, 4) is 0 Å². The van der Waals surface area contributed by atoms with E-state index in [-0.39, 0.29) is 42.7 Å². The van der Waals surface area contributed by atoms with Crippen LogP contribution in [0.25, 0.3) is 0 Å². The Hall–Kier alpha value is -1.93. The molecule has 0 aliphatic carbocycles.